The Balaban J connectivity index is 1.46. The summed E-state index contributed by atoms with van der Waals surface area (Å²) in [5, 5.41) is 9.44. The second kappa shape index (κ2) is 12.0. The van der Waals surface area contributed by atoms with E-state index in [9.17, 15) is 18.3 Å². The first kappa shape index (κ1) is 25.0. The van der Waals surface area contributed by atoms with Crippen LogP contribution in [-0.2, 0) is 21.2 Å². The largest absolute Gasteiger partial charge is 0.493 e. The highest BCUT2D eigenvalue weighted by Gasteiger charge is 2.24. The van der Waals surface area contributed by atoms with Crippen molar-refractivity contribution in [2.45, 2.75) is 45.1 Å². The third kappa shape index (κ3) is 8.01. The molecule has 2 N–H and O–H groups in total. The van der Waals surface area contributed by atoms with Gasteiger partial charge in [-0.15, -0.1) is 0 Å². The van der Waals surface area contributed by atoms with Crippen LogP contribution in [0.4, 0.5) is 5.69 Å². The van der Waals surface area contributed by atoms with Crippen LogP contribution in [0.5, 0.6) is 5.75 Å². The third-order valence-electron chi connectivity index (χ3n) is 5.88. The smallest absolute Gasteiger partial charge is 0.322 e. The highest BCUT2D eigenvalue weighted by molar-refractivity contribution is 7.89. The zero-order valence-electron chi connectivity index (χ0n) is 19.0. The Bertz CT molecular complexity index is 975. The fraction of sp³-hybridized carbons (Fsp3) is 0.500. The molecule has 180 valence electrons. The number of carboxylic acid groups (broad SMARTS) is 1. The van der Waals surface area contributed by atoms with E-state index < -0.39 is 22.0 Å². The zero-order valence-corrected chi connectivity index (χ0v) is 19.8. The first-order chi connectivity index (χ1) is 15.9. The number of sulfonamides is 1. The van der Waals surface area contributed by atoms with Gasteiger partial charge < -0.3 is 14.7 Å². The van der Waals surface area contributed by atoms with Crippen LogP contribution in [0.15, 0.2) is 48.8 Å². The molecule has 0 unspecified atom stereocenters. The predicted octanol–water partition coefficient (Wildman–Crippen LogP) is 3.09. The maximum absolute atomic E-state index is 12.1. The van der Waals surface area contributed by atoms with Crippen LogP contribution in [0.3, 0.4) is 0 Å². The summed E-state index contributed by atoms with van der Waals surface area (Å²) in [4.78, 5) is 18.0. The Morgan fingerprint density at radius 3 is 2.45 bits per heavy atom. The maximum atomic E-state index is 12.1. The minimum atomic E-state index is -3.62. The molecule has 33 heavy (non-hydrogen) atoms. The first-order valence-electron chi connectivity index (χ1n) is 11.5. The number of carbonyl (C=O) groups is 1. The summed E-state index contributed by atoms with van der Waals surface area (Å²) in [6.45, 7) is 4.50. The SMILES string of the molecule is CCCCS(=O)(=O)N[C@H](Cc1ccc(OCC2CCN(c3ccncc3)CC2)cc1)C(=O)O. The van der Waals surface area contributed by atoms with Gasteiger partial charge in [0, 0.05) is 31.2 Å². The number of hydrogen-bond acceptors (Lipinski definition) is 6. The Kier molecular flexibility index (Phi) is 9.08. The number of anilines is 1. The minimum absolute atomic E-state index is 0.0679. The average molecular weight is 476 g/mol. The van der Waals surface area contributed by atoms with Crippen molar-refractivity contribution in [1.29, 1.82) is 0 Å². The van der Waals surface area contributed by atoms with Gasteiger partial charge in [0.05, 0.1) is 12.4 Å². The number of ether oxygens (including phenoxy) is 1. The molecule has 8 nitrogen and oxygen atoms in total. The quantitative estimate of drug-likeness (QED) is 0.485. The topological polar surface area (TPSA) is 109 Å². The Labute approximate surface area is 196 Å². The monoisotopic (exact) mass is 475 g/mol. The van der Waals surface area contributed by atoms with Crippen LogP contribution < -0.4 is 14.4 Å². The maximum Gasteiger partial charge on any atom is 0.322 e. The summed E-state index contributed by atoms with van der Waals surface area (Å²) >= 11 is 0. The van der Waals surface area contributed by atoms with Crippen molar-refractivity contribution in [3.05, 3.63) is 54.4 Å². The van der Waals surface area contributed by atoms with Gasteiger partial charge in [-0.05, 0) is 61.4 Å². The molecule has 1 saturated heterocycles. The van der Waals surface area contributed by atoms with Crippen LogP contribution in [0, 0.1) is 5.92 Å². The lowest BCUT2D eigenvalue weighted by Crippen LogP contribution is -2.43. The molecule has 9 heteroatoms. The number of aliphatic carboxylic acids is 1. The van der Waals surface area contributed by atoms with E-state index >= 15 is 0 Å². The van der Waals surface area contributed by atoms with Crippen molar-refractivity contribution < 1.29 is 23.1 Å². The average Bonchev–Trinajstić information content (AvgIpc) is 2.82. The lowest BCUT2D eigenvalue weighted by Gasteiger charge is -2.33. The van der Waals surface area contributed by atoms with Gasteiger partial charge in [-0.25, -0.2) is 13.1 Å². The van der Waals surface area contributed by atoms with Crippen molar-refractivity contribution >= 4 is 21.7 Å². The van der Waals surface area contributed by atoms with Gasteiger partial charge >= 0.3 is 5.97 Å². The van der Waals surface area contributed by atoms with Crippen molar-refractivity contribution in [2.24, 2.45) is 5.92 Å². The second-order valence-electron chi connectivity index (χ2n) is 8.48. The van der Waals surface area contributed by atoms with Crippen LogP contribution >= 0.6 is 0 Å². The molecule has 3 rings (SSSR count). The summed E-state index contributed by atoms with van der Waals surface area (Å²) in [6.07, 6.45) is 7.04. The van der Waals surface area contributed by atoms with E-state index in [0.717, 1.165) is 43.7 Å². The molecule has 1 aromatic carbocycles. The molecule has 0 spiro atoms. The Morgan fingerprint density at radius 1 is 1.18 bits per heavy atom. The predicted molar refractivity (Wildman–Crippen MR) is 128 cm³/mol. The van der Waals surface area contributed by atoms with E-state index in [1.165, 1.54) is 5.69 Å². The molecule has 0 bridgehead atoms. The molecule has 1 aliphatic heterocycles. The number of hydrogen-bond donors (Lipinski definition) is 2. The molecule has 1 aliphatic rings. The standard InChI is InChI=1S/C24H33N3O5S/c1-2-3-16-33(30,31)26-23(24(28)29)17-19-4-6-22(7-5-19)32-18-20-10-14-27(15-11-20)21-8-12-25-13-9-21/h4-9,12-13,20,23,26H,2-3,10-11,14-18H2,1H3,(H,28,29)/t23-/m1/s1. The molecule has 0 saturated carbocycles. The molecule has 1 atom stereocenters. The number of nitrogens with one attached hydrogen (secondary N) is 1. The van der Waals surface area contributed by atoms with E-state index in [1.807, 2.05) is 43.6 Å². The van der Waals surface area contributed by atoms with Gasteiger partial charge in [0.15, 0.2) is 0 Å². The highest BCUT2D eigenvalue weighted by atomic mass is 32.2. The van der Waals surface area contributed by atoms with E-state index in [1.54, 1.807) is 12.1 Å². The minimum Gasteiger partial charge on any atom is -0.493 e. The van der Waals surface area contributed by atoms with Crippen LogP contribution in [0.25, 0.3) is 0 Å². The summed E-state index contributed by atoms with van der Waals surface area (Å²) in [7, 11) is -3.62. The molecule has 0 aliphatic carbocycles. The normalized spacial score (nSPS) is 15.8. The highest BCUT2D eigenvalue weighted by Crippen LogP contribution is 2.24. The van der Waals surface area contributed by atoms with Gasteiger partial charge in [-0.1, -0.05) is 25.5 Å². The molecule has 2 aromatic rings. The number of pyridine rings is 1. The fourth-order valence-electron chi connectivity index (χ4n) is 3.87. The first-order valence-corrected chi connectivity index (χ1v) is 13.1. The van der Waals surface area contributed by atoms with Gasteiger partial charge in [-0.2, -0.15) is 0 Å². The molecule has 0 radical (unpaired) electrons. The van der Waals surface area contributed by atoms with Gasteiger partial charge in [-0.3, -0.25) is 9.78 Å². The molecular formula is C24H33N3O5S. The zero-order chi connectivity index (χ0) is 23.7. The summed E-state index contributed by atoms with van der Waals surface area (Å²) < 4.78 is 32.4. The van der Waals surface area contributed by atoms with Gasteiger partial charge in [0.2, 0.25) is 10.0 Å². The van der Waals surface area contributed by atoms with Crippen LogP contribution in [-0.4, -0.2) is 56.0 Å². The van der Waals surface area contributed by atoms with E-state index in [0.29, 0.717) is 18.9 Å². The van der Waals surface area contributed by atoms with Crippen molar-refractivity contribution in [2.75, 3.05) is 30.3 Å². The van der Waals surface area contributed by atoms with E-state index in [2.05, 4.69) is 14.6 Å². The number of rotatable bonds is 12. The molecule has 1 fully saturated rings. The van der Waals surface area contributed by atoms with Gasteiger partial charge in [0.25, 0.3) is 0 Å². The third-order valence-corrected chi connectivity index (χ3v) is 7.35. The molecular weight excluding hydrogens is 442 g/mol. The van der Waals surface area contributed by atoms with Crippen LogP contribution in [0.1, 0.15) is 38.2 Å². The number of aromatic nitrogens is 1. The summed E-state index contributed by atoms with van der Waals surface area (Å²) in [5.41, 5.74) is 1.94. The van der Waals surface area contributed by atoms with Gasteiger partial charge in [0.1, 0.15) is 11.8 Å². The lowest BCUT2D eigenvalue weighted by molar-refractivity contribution is -0.138. The Hall–Kier alpha value is -2.65. The van der Waals surface area contributed by atoms with E-state index in [4.69, 9.17) is 4.74 Å². The number of piperidine rings is 1. The molecule has 0 amide bonds. The number of unbranched alkanes of at least 4 members (excludes halogenated alkanes) is 1. The lowest BCUT2D eigenvalue weighted by atomic mass is 9.97. The van der Waals surface area contributed by atoms with Crippen molar-refractivity contribution in [3.8, 4) is 5.75 Å². The number of benzene rings is 1. The molecule has 2 heterocycles. The Morgan fingerprint density at radius 2 is 1.85 bits per heavy atom. The van der Waals surface area contributed by atoms with Crippen LogP contribution in [0.2, 0.25) is 0 Å². The van der Waals surface area contributed by atoms with E-state index in [-0.39, 0.29) is 12.2 Å². The fourth-order valence-corrected chi connectivity index (χ4v) is 5.28. The van der Waals surface area contributed by atoms with Crippen molar-refractivity contribution in [1.82, 2.24) is 9.71 Å². The summed E-state index contributed by atoms with van der Waals surface area (Å²) in [6, 6.07) is 10.1. The second-order valence-corrected chi connectivity index (χ2v) is 10.3. The van der Waals surface area contributed by atoms with Crippen molar-refractivity contribution in [3.63, 3.8) is 0 Å². The number of carboxylic acids is 1. The molecule has 1 aromatic heterocycles. The summed E-state index contributed by atoms with van der Waals surface area (Å²) in [5.74, 6) is -0.0439. The number of nitrogens with zero attached hydrogens (tertiary/aromatic N) is 2.